The van der Waals surface area contributed by atoms with E-state index in [1.807, 2.05) is 0 Å². The number of rotatable bonds is 12. The maximum absolute atomic E-state index is 12.7. The Morgan fingerprint density at radius 3 is 2.32 bits per heavy atom. The number of nitrogens with one attached hydrogen (secondary N) is 4. The van der Waals surface area contributed by atoms with Gasteiger partial charge in [0.15, 0.2) is 5.96 Å². The van der Waals surface area contributed by atoms with Crippen molar-refractivity contribution in [3.8, 4) is 0 Å². The van der Waals surface area contributed by atoms with Gasteiger partial charge in [-0.25, -0.2) is 0 Å². The number of guanidine groups is 1. The molecule has 1 rings (SSSR count). The zero-order valence-corrected chi connectivity index (χ0v) is 17.8. The summed E-state index contributed by atoms with van der Waals surface area (Å²) in [6.07, 6.45) is 0.626. The van der Waals surface area contributed by atoms with Crippen molar-refractivity contribution in [3.63, 3.8) is 0 Å². The quantitative estimate of drug-likeness (QED) is 0.0859. The van der Waals surface area contributed by atoms with Gasteiger partial charge in [0.25, 0.3) is 0 Å². The minimum absolute atomic E-state index is 0.103. The van der Waals surface area contributed by atoms with E-state index in [1.54, 1.807) is 0 Å². The fraction of sp³-hybridized carbons (Fsp3) is 0.722. The largest absolute Gasteiger partial charge is 0.480 e. The third kappa shape index (κ3) is 9.17. The number of amides is 3. The molecule has 13 heteroatoms. The van der Waals surface area contributed by atoms with Gasteiger partial charge in [-0.3, -0.25) is 24.2 Å². The van der Waals surface area contributed by atoms with Crippen LogP contribution in [0.2, 0.25) is 0 Å². The molecule has 0 aromatic heterocycles. The zero-order chi connectivity index (χ0) is 23.6. The Labute approximate surface area is 180 Å². The number of hydrogen-bond donors (Lipinski definition) is 8. The number of aliphatic hydroxyl groups excluding tert-OH is 1. The summed E-state index contributed by atoms with van der Waals surface area (Å²) in [5, 5.41) is 29.3. The lowest BCUT2D eigenvalue weighted by atomic mass is 10.1. The smallest absolute Gasteiger partial charge is 0.325 e. The standard InChI is InChI=1S/C18H33N7O6/c1-9(17(30)31)23-15(28)12(6-4-8-22-18(19)20)24-16(29)13(10(2)26)25-14(27)11-5-3-7-21-11/h9-13,21,26H,3-8H2,1-2H3,(H,23,28)(H,24,29)(H,25,27)(H,30,31)(H4,19,20,22). The number of aliphatic imine (C=N–C) groups is 1. The highest BCUT2D eigenvalue weighted by molar-refractivity contribution is 5.94. The molecular weight excluding hydrogens is 410 g/mol. The zero-order valence-electron chi connectivity index (χ0n) is 17.8. The number of nitrogens with zero attached hydrogens (tertiary/aromatic N) is 1. The number of aliphatic hydroxyl groups is 1. The summed E-state index contributed by atoms with van der Waals surface area (Å²) in [4.78, 5) is 52.4. The SMILES string of the molecule is CC(NC(=O)C(CCCN=C(N)N)NC(=O)C(NC(=O)C1CCCN1)C(C)O)C(=O)O. The number of nitrogens with two attached hydrogens (primary N) is 2. The van der Waals surface area contributed by atoms with E-state index in [2.05, 4.69) is 26.3 Å². The van der Waals surface area contributed by atoms with Crippen LogP contribution < -0.4 is 32.7 Å². The van der Waals surface area contributed by atoms with E-state index in [4.69, 9.17) is 16.6 Å². The van der Waals surface area contributed by atoms with Crippen LogP contribution in [0.5, 0.6) is 0 Å². The maximum Gasteiger partial charge on any atom is 0.325 e. The Morgan fingerprint density at radius 1 is 1.13 bits per heavy atom. The highest BCUT2D eigenvalue weighted by atomic mass is 16.4. The summed E-state index contributed by atoms with van der Waals surface area (Å²) in [5.74, 6) is -3.28. The van der Waals surface area contributed by atoms with Crippen LogP contribution in [0.25, 0.3) is 0 Å². The van der Waals surface area contributed by atoms with Crippen LogP contribution in [-0.4, -0.2) is 83.2 Å². The van der Waals surface area contributed by atoms with Gasteiger partial charge in [0.1, 0.15) is 18.1 Å². The Hall–Kier alpha value is -2.93. The van der Waals surface area contributed by atoms with Crippen LogP contribution in [0.1, 0.15) is 39.5 Å². The van der Waals surface area contributed by atoms with Crippen molar-refractivity contribution in [2.75, 3.05) is 13.1 Å². The predicted octanol–water partition coefficient (Wildman–Crippen LogP) is -3.27. The second-order valence-electron chi connectivity index (χ2n) is 7.45. The Kier molecular flexibility index (Phi) is 10.7. The lowest BCUT2D eigenvalue weighted by Crippen LogP contribution is -2.59. The summed E-state index contributed by atoms with van der Waals surface area (Å²) >= 11 is 0. The number of hydrogen-bond acceptors (Lipinski definition) is 7. The number of carboxylic acids is 1. The van der Waals surface area contributed by atoms with Crippen molar-refractivity contribution in [2.45, 2.75) is 69.8 Å². The van der Waals surface area contributed by atoms with E-state index < -0.39 is 54.0 Å². The van der Waals surface area contributed by atoms with Crippen molar-refractivity contribution < 1.29 is 29.4 Å². The van der Waals surface area contributed by atoms with Gasteiger partial charge in [0, 0.05) is 6.54 Å². The van der Waals surface area contributed by atoms with Crippen molar-refractivity contribution in [2.24, 2.45) is 16.5 Å². The molecule has 0 bridgehead atoms. The van der Waals surface area contributed by atoms with Crippen LogP contribution in [0.3, 0.4) is 0 Å². The highest BCUT2D eigenvalue weighted by Gasteiger charge is 2.32. The first-order valence-electron chi connectivity index (χ1n) is 10.1. The predicted molar refractivity (Wildman–Crippen MR) is 112 cm³/mol. The summed E-state index contributed by atoms with van der Waals surface area (Å²) < 4.78 is 0. The normalized spacial score (nSPS) is 19.4. The van der Waals surface area contributed by atoms with Crippen molar-refractivity contribution in [1.82, 2.24) is 21.3 Å². The molecule has 1 saturated heterocycles. The number of carboxylic acid groups (broad SMARTS) is 1. The molecule has 176 valence electrons. The highest BCUT2D eigenvalue weighted by Crippen LogP contribution is 2.07. The van der Waals surface area contributed by atoms with E-state index in [0.717, 1.165) is 6.42 Å². The first-order chi connectivity index (χ1) is 14.5. The van der Waals surface area contributed by atoms with E-state index in [-0.39, 0.29) is 18.9 Å². The fourth-order valence-electron chi connectivity index (χ4n) is 2.98. The van der Waals surface area contributed by atoms with E-state index >= 15 is 0 Å². The van der Waals surface area contributed by atoms with Gasteiger partial charge < -0.3 is 42.9 Å². The molecule has 1 aliphatic rings. The summed E-state index contributed by atoms with van der Waals surface area (Å²) in [6, 6.07) is -4.04. The molecule has 5 atom stereocenters. The topological polar surface area (TPSA) is 221 Å². The van der Waals surface area contributed by atoms with Crippen LogP contribution in [0.15, 0.2) is 4.99 Å². The van der Waals surface area contributed by atoms with Gasteiger partial charge >= 0.3 is 5.97 Å². The van der Waals surface area contributed by atoms with Crippen molar-refractivity contribution in [1.29, 1.82) is 0 Å². The molecule has 10 N–H and O–H groups in total. The average molecular weight is 444 g/mol. The third-order valence-electron chi connectivity index (χ3n) is 4.75. The third-order valence-corrected chi connectivity index (χ3v) is 4.75. The minimum Gasteiger partial charge on any atom is -0.480 e. The number of carbonyl (C=O) groups excluding carboxylic acids is 3. The van der Waals surface area contributed by atoms with Crippen LogP contribution in [0.4, 0.5) is 0 Å². The Bertz CT molecular complexity index is 674. The van der Waals surface area contributed by atoms with Gasteiger partial charge in [-0.1, -0.05) is 0 Å². The lowest BCUT2D eigenvalue weighted by molar-refractivity contribution is -0.142. The summed E-state index contributed by atoms with van der Waals surface area (Å²) in [5.41, 5.74) is 10.5. The molecule has 5 unspecified atom stereocenters. The van der Waals surface area contributed by atoms with E-state index in [9.17, 15) is 24.3 Å². The summed E-state index contributed by atoms with van der Waals surface area (Å²) in [6.45, 7) is 3.50. The molecule has 1 fully saturated rings. The minimum atomic E-state index is -1.29. The molecule has 0 aromatic carbocycles. The Balaban J connectivity index is 2.84. The van der Waals surface area contributed by atoms with E-state index in [0.29, 0.717) is 19.4 Å². The van der Waals surface area contributed by atoms with Crippen LogP contribution in [0, 0.1) is 0 Å². The van der Waals surface area contributed by atoms with Gasteiger partial charge in [0.2, 0.25) is 17.7 Å². The molecule has 0 saturated carbocycles. The molecule has 0 spiro atoms. The molecule has 1 aliphatic heterocycles. The molecule has 13 nitrogen and oxygen atoms in total. The lowest BCUT2D eigenvalue weighted by Gasteiger charge is -2.26. The van der Waals surface area contributed by atoms with E-state index in [1.165, 1.54) is 13.8 Å². The number of carbonyl (C=O) groups is 4. The first kappa shape index (κ1) is 26.1. The molecule has 31 heavy (non-hydrogen) atoms. The average Bonchev–Trinajstić information content (AvgIpc) is 3.22. The van der Waals surface area contributed by atoms with Gasteiger partial charge in [0.05, 0.1) is 12.1 Å². The fourth-order valence-corrected chi connectivity index (χ4v) is 2.98. The van der Waals surface area contributed by atoms with Crippen LogP contribution in [-0.2, 0) is 19.2 Å². The van der Waals surface area contributed by atoms with Crippen molar-refractivity contribution in [3.05, 3.63) is 0 Å². The van der Waals surface area contributed by atoms with Gasteiger partial charge in [-0.15, -0.1) is 0 Å². The molecule has 3 amide bonds. The monoisotopic (exact) mass is 443 g/mol. The first-order valence-corrected chi connectivity index (χ1v) is 10.1. The summed E-state index contributed by atoms with van der Waals surface area (Å²) in [7, 11) is 0. The second kappa shape index (κ2) is 12.7. The van der Waals surface area contributed by atoms with Crippen molar-refractivity contribution >= 4 is 29.7 Å². The number of aliphatic carboxylic acids is 1. The molecule has 1 heterocycles. The molecular formula is C18H33N7O6. The maximum atomic E-state index is 12.7. The van der Waals surface area contributed by atoms with Crippen LogP contribution >= 0.6 is 0 Å². The van der Waals surface area contributed by atoms with Gasteiger partial charge in [-0.05, 0) is 46.1 Å². The molecule has 0 radical (unpaired) electrons. The van der Waals surface area contributed by atoms with Gasteiger partial charge in [-0.2, -0.15) is 0 Å². The molecule has 0 aliphatic carbocycles. The second-order valence-corrected chi connectivity index (χ2v) is 7.45. The molecule has 0 aromatic rings. The Morgan fingerprint density at radius 2 is 1.81 bits per heavy atom.